The van der Waals surface area contributed by atoms with Crippen LogP contribution in [0.5, 0.6) is 0 Å². The molecule has 1 aromatic heterocycles. The Balaban J connectivity index is 2.83. The molecule has 0 fully saturated rings. The minimum atomic E-state index is -0.105. The fourth-order valence-corrected chi connectivity index (χ4v) is 1.13. The van der Waals surface area contributed by atoms with E-state index in [4.69, 9.17) is 0 Å². The molecule has 0 saturated heterocycles. The maximum absolute atomic E-state index is 10.8. The van der Waals surface area contributed by atoms with Crippen LogP contribution in [-0.2, 0) is 4.79 Å². The molecule has 0 spiro atoms. The maximum atomic E-state index is 10.8. The van der Waals surface area contributed by atoms with Crippen molar-refractivity contribution in [1.82, 2.24) is 10.3 Å². The normalized spacial score (nSPS) is 12.2. The standard InChI is InChI=1S/C10H15N3O/c1-7(11-3)9-4-5-12-10(6-9)13-8(2)14/h4-7,11H,1-3H3,(H,12,13,14). The smallest absolute Gasteiger partial charge is 0.222 e. The zero-order valence-corrected chi connectivity index (χ0v) is 8.66. The van der Waals surface area contributed by atoms with Gasteiger partial charge < -0.3 is 10.6 Å². The number of carbonyl (C=O) groups excluding carboxylic acids is 1. The molecule has 1 atom stereocenters. The summed E-state index contributed by atoms with van der Waals surface area (Å²) in [4.78, 5) is 14.8. The molecule has 0 saturated carbocycles. The first kappa shape index (κ1) is 10.7. The Morgan fingerprint density at radius 2 is 2.29 bits per heavy atom. The third-order valence-electron chi connectivity index (χ3n) is 2.02. The lowest BCUT2D eigenvalue weighted by atomic mass is 10.1. The summed E-state index contributed by atoms with van der Waals surface area (Å²) >= 11 is 0. The fraction of sp³-hybridized carbons (Fsp3) is 0.400. The molecule has 1 amide bonds. The molecule has 1 heterocycles. The van der Waals surface area contributed by atoms with E-state index >= 15 is 0 Å². The first-order chi connectivity index (χ1) is 6.63. The molecule has 0 radical (unpaired) electrons. The summed E-state index contributed by atoms with van der Waals surface area (Å²) < 4.78 is 0. The van der Waals surface area contributed by atoms with Gasteiger partial charge in [0.1, 0.15) is 5.82 Å². The van der Waals surface area contributed by atoms with Crippen molar-refractivity contribution in [1.29, 1.82) is 0 Å². The Morgan fingerprint density at radius 1 is 1.57 bits per heavy atom. The quantitative estimate of drug-likeness (QED) is 0.761. The van der Waals surface area contributed by atoms with Gasteiger partial charge in [-0.15, -0.1) is 0 Å². The Morgan fingerprint density at radius 3 is 2.86 bits per heavy atom. The van der Waals surface area contributed by atoms with Crippen molar-refractivity contribution in [3.05, 3.63) is 23.9 Å². The van der Waals surface area contributed by atoms with Crippen molar-refractivity contribution in [2.75, 3.05) is 12.4 Å². The van der Waals surface area contributed by atoms with Gasteiger partial charge in [-0.3, -0.25) is 4.79 Å². The van der Waals surface area contributed by atoms with Crippen molar-refractivity contribution in [3.63, 3.8) is 0 Å². The molecule has 0 bridgehead atoms. The SMILES string of the molecule is CNC(C)c1ccnc(NC(C)=O)c1. The molecule has 4 heteroatoms. The van der Waals surface area contributed by atoms with E-state index in [2.05, 4.69) is 15.6 Å². The van der Waals surface area contributed by atoms with E-state index in [1.54, 1.807) is 6.20 Å². The summed E-state index contributed by atoms with van der Waals surface area (Å²) in [7, 11) is 1.89. The topological polar surface area (TPSA) is 54.0 Å². The minimum absolute atomic E-state index is 0.105. The van der Waals surface area contributed by atoms with Gasteiger partial charge >= 0.3 is 0 Å². The highest BCUT2D eigenvalue weighted by Gasteiger charge is 2.04. The molecule has 1 aromatic rings. The van der Waals surface area contributed by atoms with E-state index in [0.717, 1.165) is 5.56 Å². The average molecular weight is 193 g/mol. The van der Waals surface area contributed by atoms with Crippen LogP contribution < -0.4 is 10.6 Å². The van der Waals surface area contributed by atoms with E-state index in [-0.39, 0.29) is 11.9 Å². The molecule has 2 N–H and O–H groups in total. The third kappa shape index (κ3) is 2.81. The van der Waals surface area contributed by atoms with Gasteiger partial charge in [-0.25, -0.2) is 4.98 Å². The lowest BCUT2D eigenvalue weighted by molar-refractivity contribution is -0.114. The predicted molar refractivity (Wildman–Crippen MR) is 56.0 cm³/mol. The van der Waals surface area contributed by atoms with Gasteiger partial charge in [0.25, 0.3) is 0 Å². The summed E-state index contributed by atoms with van der Waals surface area (Å²) in [5.74, 6) is 0.490. The van der Waals surface area contributed by atoms with Crippen LogP contribution in [0.15, 0.2) is 18.3 Å². The number of carbonyl (C=O) groups is 1. The lowest BCUT2D eigenvalue weighted by Crippen LogP contribution is -2.13. The Bertz CT molecular complexity index is 325. The van der Waals surface area contributed by atoms with Crippen LogP contribution in [-0.4, -0.2) is 17.9 Å². The number of pyridine rings is 1. The van der Waals surface area contributed by atoms with Crippen molar-refractivity contribution >= 4 is 11.7 Å². The summed E-state index contributed by atoms with van der Waals surface area (Å²) in [6, 6.07) is 4.04. The highest BCUT2D eigenvalue weighted by atomic mass is 16.1. The molecule has 76 valence electrons. The van der Waals surface area contributed by atoms with Crippen LogP contribution in [0.2, 0.25) is 0 Å². The van der Waals surface area contributed by atoms with Gasteiger partial charge in [-0.1, -0.05) is 0 Å². The number of rotatable bonds is 3. The fourth-order valence-electron chi connectivity index (χ4n) is 1.13. The Labute approximate surface area is 83.7 Å². The molecule has 0 aromatic carbocycles. The number of nitrogens with zero attached hydrogens (tertiary/aromatic N) is 1. The molecule has 1 unspecified atom stereocenters. The number of nitrogens with one attached hydrogen (secondary N) is 2. The van der Waals surface area contributed by atoms with Crippen molar-refractivity contribution in [3.8, 4) is 0 Å². The van der Waals surface area contributed by atoms with Gasteiger partial charge in [0, 0.05) is 19.2 Å². The molecule has 1 rings (SSSR count). The number of aromatic nitrogens is 1. The number of anilines is 1. The summed E-state index contributed by atoms with van der Waals surface area (Å²) in [6.07, 6.45) is 1.69. The van der Waals surface area contributed by atoms with E-state index < -0.39 is 0 Å². The van der Waals surface area contributed by atoms with Crippen LogP contribution >= 0.6 is 0 Å². The van der Waals surface area contributed by atoms with E-state index in [1.807, 2.05) is 26.1 Å². The maximum Gasteiger partial charge on any atom is 0.222 e. The predicted octanol–water partition coefficient (Wildman–Crippen LogP) is 1.32. The molecule has 4 nitrogen and oxygen atoms in total. The molecule has 0 aliphatic carbocycles. The van der Waals surface area contributed by atoms with Crippen LogP contribution in [0.1, 0.15) is 25.5 Å². The van der Waals surface area contributed by atoms with Gasteiger partial charge in [0.05, 0.1) is 0 Å². The monoisotopic (exact) mass is 193 g/mol. The second kappa shape index (κ2) is 4.72. The average Bonchev–Trinajstić information content (AvgIpc) is 2.16. The van der Waals surface area contributed by atoms with Gasteiger partial charge in [-0.2, -0.15) is 0 Å². The zero-order chi connectivity index (χ0) is 10.6. The van der Waals surface area contributed by atoms with Gasteiger partial charge in [0.15, 0.2) is 0 Å². The van der Waals surface area contributed by atoms with Crippen molar-refractivity contribution < 1.29 is 4.79 Å². The molecule has 0 aliphatic heterocycles. The number of amides is 1. The van der Waals surface area contributed by atoms with Crippen LogP contribution in [0.4, 0.5) is 5.82 Å². The van der Waals surface area contributed by atoms with E-state index in [9.17, 15) is 4.79 Å². The summed E-state index contributed by atoms with van der Waals surface area (Å²) in [5.41, 5.74) is 1.10. The van der Waals surface area contributed by atoms with Gasteiger partial charge in [-0.05, 0) is 31.7 Å². The van der Waals surface area contributed by atoms with Crippen molar-refractivity contribution in [2.45, 2.75) is 19.9 Å². The van der Waals surface area contributed by atoms with E-state index in [0.29, 0.717) is 5.82 Å². The van der Waals surface area contributed by atoms with E-state index in [1.165, 1.54) is 6.92 Å². The first-order valence-electron chi connectivity index (χ1n) is 4.54. The zero-order valence-electron chi connectivity index (χ0n) is 8.66. The minimum Gasteiger partial charge on any atom is -0.313 e. The summed E-state index contributed by atoms with van der Waals surface area (Å²) in [6.45, 7) is 3.52. The summed E-state index contributed by atoms with van der Waals surface area (Å²) in [5, 5.41) is 5.77. The van der Waals surface area contributed by atoms with Crippen LogP contribution in [0.25, 0.3) is 0 Å². The molecular weight excluding hydrogens is 178 g/mol. The number of hydrogen-bond acceptors (Lipinski definition) is 3. The second-order valence-electron chi connectivity index (χ2n) is 3.17. The van der Waals surface area contributed by atoms with Crippen LogP contribution in [0, 0.1) is 0 Å². The molecule has 0 aliphatic rings. The molecule has 14 heavy (non-hydrogen) atoms. The lowest BCUT2D eigenvalue weighted by Gasteiger charge is -2.11. The Hall–Kier alpha value is -1.42. The highest BCUT2D eigenvalue weighted by molar-refractivity contribution is 5.87. The largest absolute Gasteiger partial charge is 0.313 e. The van der Waals surface area contributed by atoms with Gasteiger partial charge in [0.2, 0.25) is 5.91 Å². The first-order valence-corrected chi connectivity index (χ1v) is 4.54. The van der Waals surface area contributed by atoms with Crippen LogP contribution in [0.3, 0.4) is 0 Å². The Kier molecular flexibility index (Phi) is 3.59. The van der Waals surface area contributed by atoms with Crippen molar-refractivity contribution in [2.24, 2.45) is 0 Å². The third-order valence-corrected chi connectivity index (χ3v) is 2.02. The highest BCUT2D eigenvalue weighted by Crippen LogP contribution is 2.14. The second-order valence-corrected chi connectivity index (χ2v) is 3.17. The molecular formula is C10H15N3O. The number of hydrogen-bond donors (Lipinski definition) is 2.